The van der Waals surface area contributed by atoms with Crippen molar-refractivity contribution in [2.75, 3.05) is 18.9 Å². The Morgan fingerprint density at radius 3 is 1.45 bits per heavy atom. The lowest BCUT2D eigenvalue weighted by Gasteiger charge is -2.38. The van der Waals surface area contributed by atoms with Crippen LogP contribution in [0.25, 0.3) is 11.1 Å². The molecule has 0 saturated carbocycles. The van der Waals surface area contributed by atoms with Crippen LogP contribution in [0.1, 0.15) is 110 Å². The Bertz CT molecular complexity index is 4060. The number of rotatable bonds is 27. The Hall–Kier alpha value is -10.6. The van der Waals surface area contributed by atoms with E-state index in [1.54, 1.807) is 38.1 Å². The first-order valence-electron chi connectivity index (χ1n) is 34.2. The van der Waals surface area contributed by atoms with Gasteiger partial charge in [-0.2, -0.15) is 0 Å². The van der Waals surface area contributed by atoms with E-state index in [1.807, 2.05) is 257 Å². The van der Waals surface area contributed by atoms with Crippen LogP contribution in [0.2, 0.25) is 0 Å². The first-order valence-corrected chi connectivity index (χ1v) is 35.2. The number of hydrogen-bond donors (Lipinski definition) is 4. The quantitative estimate of drug-likeness (QED) is 0.0215. The normalized spacial score (nSPS) is 15.8. The van der Waals surface area contributed by atoms with Crippen molar-refractivity contribution in [3.8, 4) is 11.1 Å². The molecular formula is C84H85N5O11S. The highest BCUT2D eigenvalue weighted by molar-refractivity contribution is 8.00. The van der Waals surface area contributed by atoms with E-state index in [9.17, 15) is 14.4 Å². The molecule has 5 amide bonds. The molecular weight excluding hydrogens is 1290 g/mol. The van der Waals surface area contributed by atoms with Crippen LogP contribution < -0.4 is 21.3 Å². The number of ether oxygens (including phenoxy) is 4. The number of likely N-dealkylation sites (tertiary alicyclic amines) is 1. The van der Waals surface area contributed by atoms with Gasteiger partial charge in [0.05, 0.1) is 22.9 Å². The van der Waals surface area contributed by atoms with E-state index in [0.717, 1.165) is 38.9 Å². The highest BCUT2D eigenvalue weighted by Crippen LogP contribution is 2.49. The number of fused-ring (bicyclic) bond motifs is 3. The fourth-order valence-corrected chi connectivity index (χ4v) is 15.4. The minimum absolute atomic E-state index is 0.0797. The van der Waals surface area contributed by atoms with Crippen LogP contribution in [0.3, 0.4) is 0 Å². The van der Waals surface area contributed by atoms with Gasteiger partial charge in [0.25, 0.3) is 0 Å². The zero-order valence-electron chi connectivity index (χ0n) is 57.5. The van der Waals surface area contributed by atoms with Crippen molar-refractivity contribution < 1.29 is 52.5 Å². The molecule has 1 aliphatic heterocycles. The molecule has 1 aliphatic carbocycles. The summed E-state index contributed by atoms with van der Waals surface area (Å²) < 4.78 is 23.2. The molecule has 0 bridgehead atoms. The molecule has 16 nitrogen and oxygen atoms in total. The fourth-order valence-electron chi connectivity index (χ4n) is 13.8. The molecule has 1 saturated heterocycles. The smallest absolute Gasteiger partial charge is 0.407 e. The maximum absolute atomic E-state index is 16.5. The number of alkyl carbamates (subject to hydrolysis) is 1. The zero-order valence-corrected chi connectivity index (χ0v) is 58.4. The van der Waals surface area contributed by atoms with Crippen LogP contribution in [-0.4, -0.2) is 107 Å². The monoisotopic (exact) mass is 1370 g/mol. The van der Waals surface area contributed by atoms with Crippen molar-refractivity contribution in [3.05, 3.63) is 311 Å². The third-order valence-electron chi connectivity index (χ3n) is 18.7. The number of carbonyl (C=O) groups is 7. The van der Waals surface area contributed by atoms with E-state index in [0.29, 0.717) is 22.3 Å². The number of hydrogen-bond acceptors (Lipinski definition) is 12. The SMILES string of the molecule is CC(=O)O[C@@H](C)[C@H](C)[C@H](NC(=O)[C@@H]1C[C@@H](OC(C)(C)C)CN1C(=O)C(CC(=O)NC(c1ccccc1)(c1ccccc1)c1ccccc1)NC(=O)C(CSC(c1ccccc1)(c1ccccc1)c1ccccc1)NC(=O)OCC1c2ccccc2-c2ccccc21)C(=O)OCc1ccccc1. The molecule has 0 aromatic heterocycles. The minimum Gasteiger partial charge on any atom is -0.462 e. The van der Waals surface area contributed by atoms with Crippen molar-refractivity contribution in [2.45, 2.75) is 119 Å². The van der Waals surface area contributed by atoms with Crippen LogP contribution in [0.4, 0.5) is 4.79 Å². The maximum atomic E-state index is 16.5. The molecule has 0 spiro atoms. The Balaban J connectivity index is 0.998. The molecule has 1 heterocycles. The Kier molecular flexibility index (Phi) is 23.1. The van der Waals surface area contributed by atoms with E-state index in [4.69, 9.17) is 18.9 Å². The van der Waals surface area contributed by atoms with E-state index in [-0.39, 0.29) is 37.9 Å². The van der Waals surface area contributed by atoms with E-state index >= 15 is 19.2 Å². The summed E-state index contributed by atoms with van der Waals surface area (Å²) in [6, 6.07) is 76.8. The molecule has 9 aromatic rings. The predicted molar refractivity (Wildman–Crippen MR) is 391 cm³/mol. The van der Waals surface area contributed by atoms with Crippen LogP contribution in [-0.2, 0) is 64.6 Å². The summed E-state index contributed by atoms with van der Waals surface area (Å²) in [6.07, 6.45) is -3.39. The summed E-state index contributed by atoms with van der Waals surface area (Å²) in [5.74, 6) is -5.91. The molecule has 101 heavy (non-hydrogen) atoms. The van der Waals surface area contributed by atoms with Gasteiger partial charge in [0, 0.05) is 37.5 Å². The van der Waals surface area contributed by atoms with Gasteiger partial charge in [-0.3, -0.25) is 24.0 Å². The van der Waals surface area contributed by atoms with E-state index < -0.39 is 106 Å². The second-order valence-corrected chi connectivity index (χ2v) is 27.9. The van der Waals surface area contributed by atoms with Gasteiger partial charge in [0.2, 0.25) is 23.6 Å². The van der Waals surface area contributed by atoms with Crippen molar-refractivity contribution >= 4 is 53.4 Å². The number of nitrogens with zero attached hydrogens (tertiary/aromatic N) is 1. The number of thioether (sulfide) groups is 1. The number of amides is 5. The summed E-state index contributed by atoms with van der Waals surface area (Å²) >= 11 is 1.39. The van der Waals surface area contributed by atoms with Crippen LogP contribution in [0, 0.1) is 5.92 Å². The van der Waals surface area contributed by atoms with Crippen LogP contribution >= 0.6 is 11.8 Å². The van der Waals surface area contributed by atoms with Crippen molar-refractivity contribution in [3.63, 3.8) is 0 Å². The van der Waals surface area contributed by atoms with E-state index in [2.05, 4.69) is 21.3 Å². The lowest BCUT2D eigenvalue weighted by atomic mass is 9.77. The first-order chi connectivity index (χ1) is 48.8. The maximum Gasteiger partial charge on any atom is 0.407 e. The average Bonchev–Trinajstić information content (AvgIpc) is 1.44. The van der Waals surface area contributed by atoms with Crippen molar-refractivity contribution in [1.82, 2.24) is 26.2 Å². The molecule has 0 radical (unpaired) electrons. The van der Waals surface area contributed by atoms with Gasteiger partial charge in [-0.25, -0.2) is 9.59 Å². The summed E-state index contributed by atoms with van der Waals surface area (Å²) in [5, 5.41) is 12.2. The van der Waals surface area contributed by atoms with Crippen molar-refractivity contribution in [2.24, 2.45) is 5.92 Å². The molecule has 2 aliphatic rings. The molecule has 4 N–H and O–H groups in total. The lowest BCUT2D eigenvalue weighted by molar-refractivity contribution is -0.157. The van der Waals surface area contributed by atoms with Gasteiger partial charge in [-0.1, -0.05) is 268 Å². The number of carbonyl (C=O) groups excluding carboxylic acids is 7. The lowest BCUT2D eigenvalue weighted by Crippen LogP contribution is -2.60. The molecule has 11 rings (SSSR count). The molecule has 2 unspecified atom stereocenters. The zero-order chi connectivity index (χ0) is 71.1. The van der Waals surface area contributed by atoms with Gasteiger partial charge >= 0.3 is 18.0 Å². The number of benzene rings is 9. The summed E-state index contributed by atoms with van der Waals surface area (Å²) in [7, 11) is 0. The Morgan fingerprint density at radius 1 is 0.535 bits per heavy atom. The highest BCUT2D eigenvalue weighted by atomic mass is 32.2. The fraction of sp³-hybridized carbons (Fsp3) is 0.274. The second-order valence-electron chi connectivity index (χ2n) is 26.6. The Morgan fingerprint density at radius 2 is 0.980 bits per heavy atom. The number of esters is 2. The molecule has 17 heteroatoms. The standard InChI is InChI=1S/C84H85N5O11S/c1-56(57(2)99-58(3)90)76(80(95)97-53-59-32-14-7-15-33-59)87-78(93)74-50-66(100-82(4,5)6)52-89(74)79(94)72(51-75(91)88-83(60-34-16-8-17-35-60,61-36-18-9-19-37-61)62-38-20-10-21-39-62)85-77(92)73(86-81(96)98-54-71-69-48-30-28-46-67(69)68-47-29-31-49-70(68)71)55-101-84(63-40-22-11-23-41-63,64-42-24-12-25-43-64)65-44-26-13-27-45-65/h7-49,56-57,66,71-74,76H,50-55H2,1-6H3,(H,85,92)(H,86,96)(H,87,93)(H,88,91)/t56-,57-,66+,72?,73?,74-,76-/m0/s1. The Labute approximate surface area is 594 Å². The minimum atomic E-state index is -1.76. The van der Waals surface area contributed by atoms with Gasteiger partial charge in [-0.15, -0.1) is 11.8 Å². The van der Waals surface area contributed by atoms with Gasteiger partial charge in [0.1, 0.15) is 49.0 Å². The van der Waals surface area contributed by atoms with Crippen LogP contribution in [0.5, 0.6) is 0 Å². The predicted octanol–water partition coefficient (Wildman–Crippen LogP) is 13.2. The largest absolute Gasteiger partial charge is 0.462 e. The van der Waals surface area contributed by atoms with Gasteiger partial charge in [0.15, 0.2) is 0 Å². The third kappa shape index (κ3) is 16.8. The molecule has 1 fully saturated rings. The van der Waals surface area contributed by atoms with Gasteiger partial charge < -0.3 is 45.1 Å². The average molecular weight is 1370 g/mol. The topological polar surface area (TPSA) is 208 Å². The number of nitrogens with one attached hydrogen (secondary N) is 4. The molecule has 7 atom stereocenters. The summed E-state index contributed by atoms with van der Waals surface area (Å²) in [6.45, 7) is 9.61. The highest BCUT2D eigenvalue weighted by Gasteiger charge is 2.48. The van der Waals surface area contributed by atoms with Crippen LogP contribution in [0.15, 0.2) is 261 Å². The first kappa shape index (κ1) is 71.7. The summed E-state index contributed by atoms with van der Waals surface area (Å²) in [5.41, 5.74) is 7.20. The van der Waals surface area contributed by atoms with Crippen molar-refractivity contribution in [1.29, 1.82) is 0 Å². The second kappa shape index (κ2) is 32.6. The summed E-state index contributed by atoms with van der Waals surface area (Å²) in [4.78, 5) is 107. The van der Waals surface area contributed by atoms with E-state index in [1.165, 1.54) is 23.6 Å². The molecule has 518 valence electrons. The van der Waals surface area contributed by atoms with Gasteiger partial charge in [-0.05, 0) is 88.9 Å². The molecule has 9 aromatic carbocycles. The third-order valence-corrected chi connectivity index (χ3v) is 20.3.